The van der Waals surface area contributed by atoms with E-state index in [1.165, 1.54) is 0 Å². The molecule has 0 bridgehead atoms. The molecular formula is C10H22N2O2S. The lowest BCUT2D eigenvalue weighted by molar-refractivity contribution is 0.400. The van der Waals surface area contributed by atoms with Crippen LogP contribution in [-0.2, 0) is 10.0 Å². The largest absolute Gasteiger partial charge is 0.304 e. The molecule has 1 rings (SSSR count). The maximum absolute atomic E-state index is 11.7. The molecule has 0 radical (unpaired) electrons. The summed E-state index contributed by atoms with van der Waals surface area (Å²) in [4.78, 5) is 2.16. The van der Waals surface area contributed by atoms with Gasteiger partial charge in [0.1, 0.15) is 0 Å². The Morgan fingerprint density at radius 3 is 2.53 bits per heavy atom. The number of likely N-dealkylation sites (N-methyl/N-ethyl adjacent to an activating group) is 1. The molecule has 4 nitrogen and oxygen atoms in total. The van der Waals surface area contributed by atoms with Crippen molar-refractivity contribution in [1.29, 1.82) is 0 Å². The SMILES string of the molecule is CCCCS(=O)(=O)N[C@H]1CN(C)C[C@H]1C. The van der Waals surface area contributed by atoms with E-state index in [2.05, 4.69) is 16.5 Å². The first-order chi connectivity index (χ1) is 6.94. The predicted octanol–water partition coefficient (Wildman–Crippen LogP) is 0.656. The summed E-state index contributed by atoms with van der Waals surface area (Å²) in [6.45, 7) is 5.89. The van der Waals surface area contributed by atoms with Crippen molar-refractivity contribution in [1.82, 2.24) is 9.62 Å². The van der Waals surface area contributed by atoms with E-state index >= 15 is 0 Å². The van der Waals surface area contributed by atoms with Crippen molar-refractivity contribution < 1.29 is 8.42 Å². The van der Waals surface area contributed by atoms with Crippen molar-refractivity contribution >= 4 is 10.0 Å². The number of hydrogen-bond acceptors (Lipinski definition) is 3. The molecule has 0 aromatic carbocycles. The standard InChI is InChI=1S/C10H22N2O2S/c1-4-5-6-15(13,14)11-10-8-12(3)7-9(10)2/h9-11H,4-8H2,1-3H3/t9-,10+/m1/s1. The van der Waals surface area contributed by atoms with Crippen LogP contribution >= 0.6 is 0 Å². The minimum atomic E-state index is -3.06. The van der Waals surface area contributed by atoms with Gasteiger partial charge >= 0.3 is 0 Å². The molecule has 0 aliphatic carbocycles. The Hall–Kier alpha value is -0.130. The normalized spacial score (nSPS) is 28.5. The Kier molecular flexibility index (Phi) is 4.55. The molecule has 0 amide bonds. The van der Waals surface area contributed by atoms with Crippen LogP contribution in [0.2, 0.25) is 0 Å². The summed E-state index contributed by atoms with van der Waals surface area (Å²) in [5, 5.41) is 0. The predicted molar refractivity (Wildman–Crippen MR) is 62.3 cm³/mol. The second-order valence-electron chi connectivity index (χ2n) is 4.60. The van der Waals surface area contributed by atoms with Crippen LogP contribution in [0, 0.1) is 5.92 Å². The van der Waals surface area contributed by atoms with Crippen molar-refractivity contribution in [2.24, 2.45) is 5.92 Å². The molecule has 5 heteroatoms. The highest BCUT2D eigenvalue weighted by Crippen LogP contribution is 2.15. The van der Waals surface area contributed by atoms with E-state index in [9.17, 15) is 8.42 Å². The van der Waals surface area contributed by atoms with Crippen LogP contribution in [-0.4, -0.2) is 45.2 Å². The number of rotatable bonds is 5. The van der Waals surface area contributed by atoms with E-state index in [1.807, 2.05) is 14.0 Å². The van der Waals surface area contributed by atoms with Crippen LogP contribution < -0.4 is 4.72 Å². The van der Waals surface area contributed by atoms with E-state index in [-0.39, 0.29) is 11.8 Å². The van der Waals surface area contributed by atoms with E-state index in [0.717, 1.165) is 25.9 Å². The molecular weight excluding hydrogens is 212 g/mol. The van der Waals surface area contributed by atoms with Crippen molar-refractivity contribution in [3.8, 4) is 0 Å². The number of unbranched alkanes of at least 4 members (excludes halogenated alkanes) is 1. The van der Waals surface area contributed by atoms with Crippen LogP contribution in [0.4, 0.5) is 0 Å². The number of nitrogens with zero attached hydrogens (tertiary/aromatic N) is 1. The summed E-state index contributed by atoms with van der Waals surface area (Å²) in [6.07, 6.45) is 1.66. The zero-order valence-electron chi connectivity index (χ0n) is 9.86. The van der Waals surface area contributed by atoms with Gasteiger partial charge in [-0.05, 0) is 19.4 Å². The summed E-state index contributed by atoms with van der Waals surface area (Å²) in [6, 6.07) is 0.0943. The third kappa shape index (κ3) is 4.09. The van der Waals surface area contributed by atoms with Crippen LogP contribution in [0.1, 0.15) is 26.7 Å². The number of sulfonamides is 1. The molecule has 1 aliphatic heterocycles. The molecule has 2 atom stereocenters. The van der Waals surface area contributed by atoms with Gasteiger partial charge in [-0.2, -0.15) is 0 Å². The maximum atomic E-state index is 11.7. The third-order valence-corrected chi connectivity index (χ3v) is 4.38. The maximum Gasteiger partial charge on any atom is 0.211 e. The van der Waals surface area contributed by atoms with Gasteiger partial charge in [0.05, 0.1) is 5.75 Å². The average molecular weight is 234 g/mol. The van der Waals surface area contributed by atoms with Gasteiger partial charge in [0.2, 0.25) is 10.0 Å². The fraction of sp³-hybridized carbons (Fsp3) is 1.00. The fourth-order valence-electron chi connectivity index (χ4n) is 1.99. The Labute approximate surface area is 93.1 Å². The summed E-state index contributed by atoms with van der Waals surface area (Å²) in [5.74, 6) is 0.669. The quantitative estimate of drug-likeness (QED) is 0.760. The van der Waals surface area contributed by atoms with Gasteiger partial charge in [-0.1, -0.05) is 20.3 Å². The highest BCUT2D eigenvalue weighted by atomic mass is 32.2. The second kappa shape index (κ2) is 5.27. The van der Waals surface area contributed by atoms with Crippen molar-refractivity contribution in [3.05, 3.63) is 0 Å². The molecule has 1 saturated heterocycles. The molecule has 0 aromatic rings. The molecule has 0 spiro atoms. The van der Waals surface area contributed by atoms with Crippen LogP contribution in [0.15, 0.2) is 0 Å². The van der Waals surface area contributed by atoms with Gasteiger partial charge in [0.25, 0.3) is 0 Å². The topological polar surface area (TPSA) is 49.4 Å². The average Bonchev–Trinajstić information content (AvgIpc) is 2.41. The van der Waals surface area contributed by atoms with E-state index in [4.69, 9.17) is 0 Å². The van der Waals surface area contributed by atoms with Gasteiger partial charge in [0.15, 0.2) is 0 Å². The molecule has 0 unspecified atom stereocenters. The van der Waals surface area contributed by atoms with Crippen molar-refractivity contribution in [2.45, 2.75) is 32.7 Å². The molecule has 1 heterocycles. The van der Waals surface area contributed by atoms with Crippen molar-refractivity contribution in [2.75, 3.05) is 25.9 Å². The van der Waals surface area contributed by atoms with E-state index < -0.39 is 10.0 Å². The molecule has 15 heavy (non-hydrogen) atoms. The second-order valence-corrected chi connectivity index (χ2v) is 6.47. The first kappa shape index (κ1) is 12.9. The summed E-state index contributed by atoms with van der Waals surface area (Å²) >= 11 is 0. The van der Waals surface area contributed by atoms with E-state index in [0.29, 0.717) is 5.92 Å². The highest BCUT2D eigenvalue weighted by molar-refractivity contribution is 7.89. The lowest BCUT2D eigenvalue weighted by Gasteiger charge is -2.16. The summed E-state index contributed by atoms with van der Waals surface area (Å²) in [7, 11) is -1.04. The van der Waals surface area contributed by atoms with Gasteiger partial charge < -0.3 is 4.90 Å². The van der Waals surface area contributed by atoms with Crippen molar-refractivity contribution in [3.63, 3.8) is 0 Å². The van der Waals surface area contributed by atoms with Gasteiger partial charge in [-0.25, -0.2) is 13.1 Å². The third-order valence-electron chi connectivity index (χ3n) is 2.89. The zero-order valence-corrected chi connectivity index (χ0v) is 10.7. The number of likely N-dealkylation sites (tertiary alicyclic amines) is 1. The minimum absolute atomic E-state index is 0.0943. The smallest absolute Gasteiger partial charge is 0.211 e. The van der Waals surface area contributed by atoms with Gasteiger partial charge in [0, 0.05) is 19.1 Å². The zero-order chi connectivity index (χ0) is 11.5. The van der Waals surface area contributed by atoms with Crippen LogP contribution in [0.25, 0.3) is 0 Å². The Morgan fingerprint density at radius 1 is 1.40 bits per heavy atom. The lowest BCUT2D eigenvalue weighted by atomic mass is 10.1. The molecule has 0 aromatic heterocycles. The lowest BCUT2D eigenvalue weighted by Crippen LogP contribution is -2.40. The van der Waals surface area contributed by atoms with Gasteiger partial charge in [-0.15, -0.1) is 0 Å². The minimum Gasteiger partial charge on any atom is -0.304 e. The monoisotopic (exact) mass is 234 g/mol. The number of nitrogens with one attached hydrogen (secondary N) is 1. The van der Waals surface area contributed by atoms with Gasteiger partial charge in [-0.3, -0.25) is 0 Å². The Balaban J connectivity index is 2.47. The summed E-state index contributed by atoms with van der Waals surface area (Å²) in [5.41, 5.74) is 0. The number of hydrogen-bond donors (Lipinski definition) is 1. The first-order valence-electron chi connectivity index (χ1n) is 5.63. The van der Waals surface area contributed by atoms with Crippen LogP contribution in [0.3, 0.4) is 0 Å². The molecule has 1 fully saturated rings. The first-order valence-corrected chi connectivity index (χ1v) is 7.28. The highest BCUT2D eigenvalue weighted by Gasteiger charge is 2.30. The molecule has 1 N–H and O–H groups in total. The van der Waals surface area contributed by atoms with Crippen LogP contribution in [0.5, 0.6) is 0 Å². The molecule has 0 saturated carbocycles. The Bertz CT molecular complexity index is 290. The summed E-state index contributed by atoms with van der Waals surface area (Å²) < 4.78 is 26.1. The Morgan fingerprint density at radius 2 is 2.07 bits per heavy atom. The molecule has 90 valence electrons. The molecule has 1 aliphatic rings. The van der Waals surface area contributed by atoms with E-state index in [1.54, 1.807) is 0 Å². The fourth-order valence-corrected chi connectivity index (χ4v) is 3.54.